The monoisotopic (exact) mass is 227 g/mol. The molecule has 0 saturated carbocycles. The van der Waals surface area contributed by atoms with Crippen molar-refractivity contribution in [2.24, 2.45) is 0 Å². The average Bonchev–Trinajstić information content (AvgIpc) is 2.28. The number of carbonyl (C=O) groups excluding carboxylic acids is 1. The van der Waals surface area contributed by atoms with Gasteiger partial charge >= 0.3 is 0 Å². The molecule has 3 N–H and O–H groups in total. The molecule has 1 aromatic rings. The molecule has 0 bridgehead atoms. The van der Waals surface area contributed by atoms with Crippen LogP contribution in [-0.2, 0) is 0 Å². The number of halogens is 1. The van der Waals surface area contributed by atoms with Gasteiger partial charge in [0, 0.05) is 5.56 Å². The Morgan fingerprint density at radius 3 is 2.62 bits per heavy atom. The first-order chi connectivity index (χ1) is 7.58. The maximum Gasteiger partial charge on any atom is 0.252 e. The van der Waals surface area contributed by atoms with Crippen molar-refractivity contribution in [2.75, 3.05) is 13.2 Å². The largest absolute Gasteiger partial charge is 0.394 e. The lowest BCUT2D eigenvalue weighted by Gasteiger charge is -2.14. The van der Waals surface area contributed by atoms with Crippen LogP contribution in [0.2, 0.25) is 0 Å². The summed E-state index contributed by atoms with van der Waals surface area (Å²) in [4.78, 5) is 11.6. The zero-order valence-electron chi connectivity index (χ0n) is 8.90. The summed E-state index contributed by atoms with van der Waals surface area (Å²) in [7, 11) is 0. The SMILES string of the molecule is Cc1ccc(F)cc1C(=O)NC(CO)CO. The van der Waals surface area contributed by atoms with E-state index >= 15 is 0 Å². The third kappa shape index (κ3) is 3.01. The maximum absolute atomic E-state index is 12.9. The number of aliphatic hydroxyl groups is 2. The molecule has 0 atom stereocenters. The summed E-state index contributed by atoms with van der Waals surface area (Å²) in [5.74, 6) is -1.01. The molecule has 1 aromatic carbocycles. The van der Waals surface area contributed by atoms with Crippen LogP contribution in [0.15, 0.2) is 18.2 Å². The highest BCUT2D eigenvalue weighted by Gasteiger charge is 2.14. The predicted octanol–water partition coefficient (Wildman–Crippen LogP) is 0.217. The smallest absolute Gasteiger partial charge is 0.252 e. The lowest BCUT2D eigenvalue weighted by atomic mass is 10.1. The molecule has 4 nitrogen and oxygen atoms in total. The lowest BCUT2D eigenvalue weighted by Crippen LogP contribution is -2.40. The Balaban J connectivity index is 2.83. The average molecular weight is 227 g/mol. The molecule has 16 heavy (non-hydrogen) atoms. The zero-order valence-corrected chi connectivity index (χ0v) is 8.90. The van der Waals surface area contributed by atoms with Gasteiger partial charge in [-0.1, -0.05) is 6.07 Å². The van der Waals surface area contributed by atoms with Crippen molar-refractivity contribution in [3.05, 3.63) is 35.1 Å². The molecule has 5 heteroatoms. The summed E-state index contributed by atoms with van der Waals surface area (Å²) >= 11 is 0. The first-order valence-electron chi connectivity index (χ1n) is 4.87. The first-order valence-corrected chi connectivity index (χ1v) is 4.87. The van der Waals surface area contributed by atoms with E-state index in [1.165, 1.54) is 12.1 Å². The van der Waals surface area contributed by atoms with E-state index in [9.17, 15) is 9.18 Å². The Labute approximate surface area is 92.7 Å². The van der Waals surface area contributed by atoms with E-state index in [1.807, 2.05) is 0 Å². The summed E-state index contributed by atoms with van der Waals surface area (Å²) in [6.45, 7) is 0.953. The van der Waals surface area contributed by atoms with E-state index in [2.05, 4.69) is 5.32 Å². The number of aryl methyl sites for hydroxylation is 1. The summed E-state index contributed by atoms with van der Waals surface area (Å²) in [6, 6.07) is 3.16. The molecule has 0 aromatic heterocycles. The third-order valence-corrected chi connectivity index (χ3v) is 2.22. The number of hydrogen-bond acceptors (Lipinski definition) is 3. The van der Waals surface area contributed by atoms with Gasteiger partial charge in [-0.25, -0.2) is 4.39 Å². The number of hydrogen-bond donors (Lipinski definition) is 3. The number of aliphatic hydroxyl groups excluding tert-OH is 2. The van der Waals surface area contributed by atoms with Gasteiger partial charge in [-0.15, -0.1) is 0 Å². The van der Waals surface area contributed by atoms with Gasteiger partial charge in [0.1, 0.15) is 5.82 Å². The molecule has 0 heterocycles. The second-order valence-corrected chi connectivity index (χ2v) is 3.49. The van der Waals surface area contributed by atoms with Gasteiger partial charge in [-0.2, -0.15) is 0 Å². The van der Waals surface area contributed by atoms with Gasteiger partial charge in [0.25, 0.3) is 5.91 Å². The first kappa shape index (κ1) is 12.6. The number of rotatable bonds is 4. The van der Waals surface area contributed by atoms with E-state index in [1.54, 1.807) is 6.92 Å². The molecule has 0 saturated heterocycles. The second kappa shape index (κ2) is 5.58. The fourth-order valence-corrected chi connectivity index (χ4v) is 1.25. The van der Waals surface area contributed by atoms with Crippen molar-refractivity contribution in [1.82, 2.24) is 5.32 Å². The van der Waals surface area contributed by atoms with Crippen molar-refractivity contribution < 1.29 is 19.4 Å². The quantitative estimate of drug-likeness (QED) is 0.689. The van der Waals surface area contributed by atoms with Gasteiger partial charge in [-0.05, 0) is 24.6 Å². The number of benzene rings is 1. The van der Waals surface area contributed by atoms with Crippen molar-refractivity contribution in [1.29, 1.82) is 0 Å². The van der Waals surface area contributed by atoms with Crippen molar-refractivity contribution in [2.45, 2.75) is 13.0 Å². The van der Waals surface area contributed by atoms with Crippen LogP contribution in [0.5, 0.6) is 0 Å². The minimum atomic E-state index is -0.727. The van der Waals surface area contributed by atoms with E-state index in [0.717, 1.165) is 6.07 Å². The molecule has 0 spiro atoms. The molecule has 0 aliphatic carbocycles. The van der Waals surface area contributed by atoms with Gasteiger partial charge in [0.15, 0.2) is 0 Å². The Morgan fingerprint density at radius 2 is 2.06 bits per heavy atom. The number of nitrogens with one attached hydrogen (secondary N) is 1. The molecular weight excluding hydrogens is 213 g/mol. The van der Waals surface area contributed by atoms with E-state index in [-0.39, 0.29) is 18.8 Å². The predicted molar refractivity (Wildman–Crippen MR) is 56.6 cm³/mol. The van der Waals surface area contributed by atoms with Crippen molar-refractivity contribution in [3.63, 3.8) is 0 Å². The fraction of sp³-hybridized carbons (Fsp3) is 0.364. The van der Waals surface area contributed by atoms with Crippen LogP contribution < -0.4 is 5.32 Å². The van der Waals surface area contributed by atoms with E-state index in [4.69, 9.17) is 10.2 Å². The minimum Gasteiger partial charge on any atom is -0.394 e. The molecule has 88 valence electrons. The zero-order chi connectivity index (χ0) is 12.1. The Bertz CT molecular complexity index is 377. The highest BCUT2D eigenvalue weighted by atomic mass is 19.1. The van der Waals surface area contributed by atoms with Crippen molar-refractivity contribution in [3.8, 4) is 0 Å². The molecule has 0 radical (unpaired) electrons. The third-order valence-electron chi connectivity index (χ3n) is 2.22. The standard InChI is InChI=1S/C11H14FNO3/c1-7-2-3-8(12)4-10(7)11(16)13-9(5-14)6-15/h2-4,9,14-15H,5-6H2,1H3,(H,13,16). The summed E-state index contributed by atoms with van der Waals surface area (Å²) < 4.78 is 12.9. The van der Waals surface area contributed by atoms with Crippen LogP contribution in [0.1, 0.15) is 15.9 Å². The van der Waals surface area contributed by atoms with Crippen LogP contribution in [0.4, 0.5) is 4.39 Å². The maximum atomic E-state index is 12.9. The van der Waals surface area contributed by atoms with Crippen LogP contribution in [0, 0.1) is 12.7 Å². The Morgan fingerprint density at radius 1 is 1.44 bits per heavy atom. The van der Waals surface area contributed by atoms with Crippen LogP contribution >= 0.6 is 0 Å². The Kier molecular flexibility index (Phi) is 4.39. The highest BCUT2D eigenvalue weighted by molar-refractivity contribution is 5.95. The topological polar surface area (TPSA) is 69.6 Å². The molecule has 0 aliphatic rings. The molecule has 1 rings (SSSR count). The van der Waals surface area contributed by atoms with Crippen LogP contribution in [0.25, 0.3) is 0 Å². The van der Waals surface area contributed by atoms with Gasteiger partial charge in [0.2, 0.25) is 0 Å². The number of amides is 1. The molecule has 0 unspecified atom stereocenters. The molecular formula is C11H14FNO3. The van der Waals surface area contributed by atoms with E-state index < -0.39 is 17.8 Å². The second-order valence-electron chi connectivity index (χ2n) is 3.49. The number of carbonyl (C=O) groups is 1. The summed E-state index contributed by atoms with van der Waals surface area (Å²) in [5.41, 5.74) is 0.834. The van der Waals surface area contributed by atoms with E-state index in [0.29, 0.717) is 5.56 Å². The Hall–Kier alpha value is -1.46. The van der Waals surface area contributed by atoms with Gasteiger partial charge < -0.3 is 15.5 Å². The molecule has 0 fully saturated rings. The molecule has 1 amide bonds. The van der Waals surface area contributed by atoms with Crippen molar-refractivity contribution >= 4 is 5.91 Å². The fourth-order valence-electron chi connectivity index (χ4n) is 1.25. The minimum absolute atomic E-state index is 0.201. The van der Waals surface area contributed by atoms with Gasteiger partial charge in [0.05, 0.1) is 19.3 Å². The highest BCUT2D eigenvalue weighted by Crippen LogP contribution is 2.10. The summed E-state index contributed by atoms with van der Waals surface area (Å²) in [6.07, 6.45) is 0. The lowest BCUT2D eigenvalue weighted by molar-refractivity contribution is 0.0878. The van der Waals surface area contributed by atoms with Crippen LogP contribution in [-0.4, -0.2) is 35.4 Å². The van der Waals surface area contributed by atoms with Crippen LogP contribution in [0.3, 0.4) is 0 Å². The summed E-state index contributed by atoms with van der Waals surface area (Å²) in [5, 5.41) is 20.0. The van der Waals surface area contributed by atoms with Gasteiger partial charge in [-0.3, -0.25) is 4.79 Å². The normalized spacial score (nSPS) is 10.6. The molecule has 0 aliphatic heterocycles.